The molecule has 0 atom stereocenters. The maximum Gasteiger partial charge on any atom is 0.244 e. The van der Waals surface area contributed by atoms with Crippen molar-refractivity contribution < 1.29 is 9.53 Å². The molecular weight excluding hydrogens is 312 g/mol. The first-order valence-electron chi connectivity index (χ1n) is 7.93. The average Bonchev–Trinajstić information content (AvgIpc) is 2.55. The minimum Gasteiger partial charge on any atom is -0.379 e. The summed E-state index contributed by atoms with van der Waals surface area (Å²) in [5, 5.41) is 3.68. The first-order valence-corrected chi connectivity index (χ1v) is 8.31. The van der Waals surface area contributed by atoms with Crippen molar-refractivity contribution in [3.8, 4) is 0 Å². The Balaban J connectivity index is 1.86. The van der Waals surface area contributed by atoms with Crippen molar-refractivity contribution in [2.75, 3.05) is 32.8 Å². The molecule has 1 aliphatic heterocycles. The van der Waals surface area contributed by atoms with Gasteiger partial charge in [0.2, 0.25) is 5.91 Å². The maximum absolute atomic E-state index is 12.0. The number of benzene rings is 1. The van der Waals surface area contributed by atoms with E-state index >= 15 is 0 Å². The molecular formula is C18H25ClN2O2. The molecule has 1 aromatic rings. The normalized spacial score (nSPS) is 16.7. The predicted molar refractivity (Wildman–Crippen MR) is 94.7 cm³/mol. The van der Waals surface area contributed by atoms with E-state index in [9.17, 15) is 4.79 Å². The van der Waals surface area contributed by atoms with E-state index in [4.69, 9.17) is 16.3 Å². The van der Waals surface area contributed by atoms with Crippen LogP contribution >= 0.6 is 11.6 Å². The monoisotopic (exact) mass is 336 g/mol. The van der Waals surface area contributed by atoms with Crippen LogP contribution in [0.15, 0.2) is 24.3 Å². The number of ether oxygens (including phenoxy) is 1. The highest BCUT2D eigenvalue weighted by molar-refractivity contribution is 6.31. The molecule has 0 bridgehead atoms. The molecule has 23 heavy (non-hydrogen) atoms. The number of hydrogen-bond acceptors (Lipinski definition) is 3. The largest absolute Gasteiger partial charge is 0.379 e. The minimum absolute atomic E-state index is 0.0829. The van der Waals surface area contributed by atoms with Gasteiger partial charge in [0.1, 0.15) is 0 Å². The first kappa shape index (κ1) is 18.0. The Morgan fingerprint density at radius 2 is 2.09 bits per heavy atom. The van der Waals surface area contributed by atoms with Crippen molar-refractivity contribution >= 4 is 23.6 Å². The zero-order valence-corrected chi connectivity index (χ0v) is 14.8. The van der Waals surface area contributed by atoms with Gasteiger partial charge in [0, 0.05) is 36.3 Å². The Labute approximate surface area is 143 Å². The standard InChI is InChI=1S/C18H25ClN2O2/c1-14-4-5-15(12-16(14)19)6-7-17(22)20-13-18(2,3)21-8-10-23-11-9-21/h4-7,12H,8-11,13H2,1-3H3,(H,20,22)/b7-6+. The van der Waals surface area contributed by atoms with Crippen LogP contribution in [0.25, 0.3) is 6.08 Å². The molecule has 0 unspecified atom stereocenters. The lowest BCUT2D eigenvalue weighted by Gasteiger charge is -2.40. The van der Waals surface area contributed by atoms with Crippen molar-refractivity contribution in [1.29, 1.82) is 0 Å². The zero-order valence-electron chi connectivity index (χ0n) is 14.1. The second-order valence-corrected chi connectivity index (χ2v) is 6.88. The van der Waals surface area contributed by atoms with E-state index in [0.717, 1.165) is 37.4 Å². The SMILES string of the molecule is Cc1ccc(/C=C/C(=O)NCC(C)(C)N2CCOCC2)cc1Cl. The van der Waals surface area contributed by atoms with E-state index in [1.54, 1.807) is 12.2 Å². The molecule has 1 saturated heterocycles. The smallest absolute Gasteiger partial charge is 0.244 e. The third-order valence-corrected chi connectivity index (χ3v) is 4.59. The van der Waals surface area contributed by atoms with E-state index < -0.39 is 0 Å². The fourth-order valence-corrected chi connectivity index (χ4v) is 2.72. The highest BCUT2D eigenvalue weighted by Gasteiger charge is 2.28. The molecule has 1 aliphatic rings. The van der Waals surface area contributed by atoms with Crippen LogP contribution in [0.2, 0.25) is 5.02 Å². The van der Waals surface area contributed by atoms with Gasteiger partial charge >= 0.3 is 0 Å². The number of halogens is 1. The lowest BCUT2D eigenvalue weighted by molar-refractivity contribution is -0.117. The van der Waals surface area contributed by atoms with Crippen LogP contribution in [-0.2, 0) is 9.53 Å². The number of aryl methyl sites for hydroxylation is 1. The first-order chi connectivity index (χ1) is 10.9. The van der Waals surface area contributed by atoms with E-state index in [0.29, 0.717) is 11.6 Å². The highest BCUT2D eigenvalue weighted by Crippen LogP contribution is 2.18. The summed E-state index contributed by atoms with van der Waals surface area (Å²) >= 11 is 6.09. The second-order valence-electron chi connectivity index (χ2n) is 6.47. The number of nitrogens with zero attached hydrogens (tertiary/aromatic N) is 1. The van der Waals surface area contributed by atoms with Crippen LogP contribution in [0.1, 0.15) is 25.0 Å². The molecule has 0 aromatic heterocycles. The summed E-state index contributed by atoms with van der Waals surface area (Å²) in [5.74, 6) is -0.0944. The van der Waals surface area contributed by atoms with Gasteiger partial charge in [-0.3, -0.25) is 9.69 Å². The quantitative estimate of drug-likeness (QED) is 0.841. The zero-order chi connectivity index (χ0) is 16.9. The Hall–Kier alpha value is -1.36. The van der Waals surface area contributed by atoms with Crippen LogP contribution in [0, 0.1) is 6.92 Å². The molecule has 5 heteroatoms. The third kappa shape index (κ3) is 5.34. The summed E-state index contributed by atoms with van der Waals surface area (Å²) in [5.41, 5.74) is 1.86. The molecule has 4 nitrogen and oxygen atoms in total. The van der Waals surface area contributed by atoms with Gasteiger partial charge in [0.15, 0.2) is 0 Å². The Morgan fingerprint density at radius 3 is 2.74 bits per heavy atom. The van der Waals surface area contributed by atoms with Crippen molar-refractivity contribution in [1.82, 2.24) is 10.2 Å². The Morgan fingerprint density at radius 1 is 1.39 bits per heavy atom. The van der Waals surface area contributed by atoms with Crippen LogP contribution < -0.4 is 5.32 Å². The van der Waals surface area contributed by atoms with E-state index in [-0.39, 0.29) is 11.4 Å². The van der Waals surface area contributed by atoms with E-state index in [1.165, 1.54) is 0 Å². The summed E-state index contributed by atoms with van der Waals surface area (Å²) in [4.78, 5) is 14.4. The second kappa shape index (κ2) is 7.95. The number of rotatable bonds is 5. The topological polar surface area (TPSA) is 41.6 Å². The molecule has 2 rings (SSSR count). The maximum atomic E-state index is 12.0. The van der Waals surface area contributed by atoms with Gasteiger partial charge < -0.3 is 10.1 Å². The third-order valence-electron chi connectivity index (χ3n) is 4.19. The average molecular weight is 337 g/mol. The van der Waals surface area contributed by atoms with Gasteiger partial charge in [-0.25, -0.2) is 0 Å². The molecule has 1 N–H and O–H groups in total. The van der Waals surface area contributed by atoms with Gasteiger partial charge in [-0.2, -0.15) is 0 Å². The number of hydrogen-bond donors (Lipinski definition) is 1. The summed E-state index contributed by atoms with van der Waals surface area (Å²) in [6.07, 6.45) is 3.33. The predicted octanol–water partition coefficient (Wildman–Crippen LogP) is 2.89. The fraction of sp³-hybridized carbons (Fsp3) is 0.500. The number of morpholine rings is 1. The highest BCUT2D eigenvalue weighted by atomic mass is 35.5. The van der Waals surface area contributed by atoms with Crippen molar-refractivity contribution in [3.63, 3.8) is 0 Å². The molecule has 0 aliphatic carbocycles. The van der Waals surface area contributed by atoms with Crippen LogP contribution in [0.5, 0.6) is 0 Å². The van der Waals surface area contributed by atoms with Crippen molar-refractivity contribution in [2.24, 2.45) is 0 Å². The molecule has 0 spiro atoms. The van der Waals surface area contributed by atoms with Crippen LogP contribution in [0.4, 0.5) is 0 Å². The number of nitrogens with one attached hydrogen (secondary N) is 1. The van der Waals surface area contributed by atoms with Gasteiger partial charge in [-0.15, -0.1) is 0 Å². The molecule has 0 saturated carbocycles. The molecule has 1 fully saturated rings. The Bertz CT molecular complexity index is 578. The van der Waals surface area contributed by atoms with E-state index in [1.807, 2.05) is 25.1 Å². The van der Waals surface area contributed by atoms with Crippen molar-refractivity contribution in [2.45, 2.75) is 26.3 Å². The lowest BCUT2D eigenvalue weighted by Crippen LogP contribution is -2.55. The minimum atomic E-state index is -0.0944. The molecule has 1 amide bonds. The van der Waals surface area contributed by atoms with Gasteiger partial charge in [0.25, 0.3) is 0 Å². The van der Waals surface area contributed by atoms with Crippen molar-refractivity contribution in [3.05, 3.63) is 40.4 Å². The fourth-order valence-electron chi connectivity index (χ4n) is 2.53. The Kier molecular flexibility index (Phi) is 6.22. The summed E-state index contributed by atoms with van der Waals surface area (Å²) in [6, 6.07) is 5.75. The summed E-state index contributed by atoms with van der Waals surface area (Å²) in [7, 11) is 0. The van der Waals surface area contributed by atoms with Crippen LogP contribution in [0.3, 0.4) is 0 Å². The number of amides is 1. The summed E-state index contributed by atoms with van der Waals surface area (Å²) < 4.78 is 5.38. The lowest BCUT2D eigenvalue weighted by atomic mass is 10.0. The van der Waals surface area contributed by atoms with Gasteiger partial charge in [-0.1, -0.05) is 23.7 Å². The van der Waals surface area contributed by atoms with Crippen LogP contribution in [-0.4, -0.2) is 49.2 Å². The summed E-state index contributed by atoms with van der Waals surface area (Å²) in [6.45, 7) is 10.2. The molecule has 0 radical (unpaired) electrons. The number of carbonyl (C=O) groups excluding carboxylic acids is 1. The molecule has 126 valence electrons. The van der Waals surface area contributed by atoms with E-state index in [2.05, 4.69) is 24.1 Å². The van der Waals surface area contributed by atoms with Gasteiger partial charge in [-0.05, 0) is 44.0 Å². The molecule has 1 heterocycles. The molecule has 1 aromatic carbocycles. The van der Waals surface area contributed by atoms with Gasteiger partial charge in [0.05, 0.1) is 13.2 Å². The number of carbonyl (C=O) groups is 1.